The second kappa shape index (κ2) is 6.60. The summed E-state index contributed by atoms with van der Waals surface area (Å²) in [5.74, 6) is 1.54. The van der Waals surface area contributed by atoms with Gasteiger partial charge in [-0.3, -0.25) is 0 Å². The van der Waals surface area contributed by atoms with Crippen molar-refractivity contribution in [1.82, 2.24) is 5.32 Å². The summed E-state index contributed by atoms with van der Waals surface area (Å²) in [7, 11) is 0. The normalized spacial score (nSPS) is 10.5. The lowest BCUT2D eigenvalue weighted by Gasteiger charge is -2.12. The number of benzene rings is 2. The van der Waals surface area contributed by atoms with E-state index in [-0.39, 0.29) is 0 Å². The van der Waals surface area contributed by atoms with Gasteiger partial charge in [0.05, 0.1) is 5.02 Å². The molecule has 2 aromatic carbocycles. The van der Waals surface area contributed by atoms with Crippen LogP contribution in [0.3, 0.4) is 0 Å². The molecule has 0 amide bonds. The van der Waals surface area contributed by atoms with Gasteiger partial charge in [0.1, 0.15) is 11.5 Å². The van der Waals surface area contributed by atoms with Gasteiger partial charge in [0, 0.05) is 6.54 Å². The summed E-state index contributed by atoms with van der Waals surface area (Å²) in [6, 6.07) is 13.7. The first-order valence-corrected chi connectivity index (χ1v) is 6.81. The molecule has 0 aliphatic rings. The highest BCUT2D eigenvalue weighted by Crippen LogP contribution is 2.31. The Morgan fingerprint density at radius 1 is 1.11 bits per heavy atom. The molecule has 0 fully saturated rings. The molecule has 2 aromatic rings. The van der Waals surface area contributed by atoms with Crippen molar-refractivity contribution >= 4 is 11.6 Å². The second-order valence-electron chi connectivity index (χ2n) is 4.41. The molecule has 1 N–H and O–H groups in total. The number of aryl methyl sites for hydroxylation is 1. The van der Waals surface area contributed by atoms with Crippen LogP contribution < -0.4 is 10.1 Å². The molecule has 0 aliphatic heterocycles. The predicted molar refractivity (Wildman–Crippen MR) is 80.1 cm³/mol. The third-order valence-corrected chi connectivity index (χ3v) is 3.20. The van der Waals surface area contributed by atoms with Gasteiger partial charge in [0.25, 0.3) is 0 Å². The van der Waals surface area contributed by atoms with Crippen molar-refractivity contribution < 1.29 is 4.74 Å². The molecule has 0 aliphatic carbocycles. The Labute approximate surface area is 119 Å². The fourth-order valence-corrected chi connectivity index (χ4v) is 1.95. The third-order valence-electron chi connectivity index (χ3n) is 2.89. The number of rotatable bonds is 5. The molecular formula is C16H18ClNO. The van der Waals surface area contributed by atoms with Gasteiger partial charge in [-0.25, -0.2) is 0 Å². The van der Waals surface area contributed by atoms with Crippen molar-refractivity contribution in [3.8, 4) is 11.5 Å². The van der Waals surface area contributed by atoms with Gasteiger partial charge in [-0.15, -0.1) is 0 Å². The number of halogens is 1. The minimum Gasteiger partial charge on any atom is -0.456 e. The first kappa shape index (κ1) is 13.9. The zero-order valence-corrected chi connectivity index (χ0v) is 12.0. The Morgan fingerprint density at radius 2 is 1.89 bits per heavy atom. The van der Waals surface area contributed by atoms with Crippen LogP contribution in [0.4, 0.5) is 0 Å². The summed E-state index contributed by atoms with van der Waals surface area (Å²) in [5, 5.41) is 3.93. The van der Waals surface area contributed by atoms with Crippen LogP contribution in [-0.2, 0) is 6.54 Å². The zero-order chi connectivity index (χ0) is 13.7. The Bertz CT molecular complexity index is 554. The molecule has 0 aromatic heterocycles. The quantitative estimate of drug-likeness (QED) is 0.864. The van der Waals surface area contributed by atoms with E-state index < -0.39 is 0 Å². The van der Waals surface area contributed by atoms with Gasteiger partial charge in [-0.1, -0.05) is 42.8 Å². The van der Waals surface area contributed by atoms with Crippen LogP contribution in [0.25, 0.3) is 0 Å². The van der Waals surface area contributed by atoms with E-state index in [1.54, 1.807) is 0 Å². The zero-order valence-electron chi connectivity index (χ0n) is 11.2. The lowest BCUT2D eigenvalue weighted by molar-refractivity contribution is 0.478. The molecule has 0 bridgehead atoms. The SMILES string of the molecule is CCNCc1ccc(C)c(Oc2ccccc2Cl)c1. The second-order valence-corrected chi connectivity index (χ2v) is 4.82. The van der Waals surface area contributed by atoms with Gasteiger partial charge in [-0.2, -0.15) is 0 Å². The number of para-hydroxylation sites is 1. The minimum absolute atomic E-state index is 0.624. The van der Waals surface area contributed by atoms with Gasteiger partial charge in [0.15, 0.2) is 0 Å². The van der Waals surface area contributed by atoms with E-state index in [2.05, 4.69) is 30.4 Å². The molecule has 0 saturated carbocycles. The molecule has 0 heterocycles. The molecule has 3 heteroatoms. The number of hydrogen-bond donors (Lipinski definition) is 1. The number of hydrogen-bond acceptors (Lipinski definition) is 2. The van der Waals surface area contributed by atoms with Crippen molar-refractivity contribution in [3.63, 3.8) is 0 Å². The smallest absolute Gasteiger partial charge is 0.146 e. The van der Waals surface area contributed by atoms with Crippen LogP contribution in [0.5, 0.6) is 11.5 Å². The van der Waals surface area contributed by atoms with Gasteiger partial charge in [0.2, 0.25) is 0 Å². The van der Waals surface area contributed by atoms with Crippen molar-refractivity contribution in [3.05, 3.63) is 58.6 Å². The summed E-state index contributed by atoms with van der Waals surface area (Å²) >= 11 is 6.11. The molecule has 0 atom stereocenters. The average Bonchev–Trinajstić information content (AvgIpc) is 2.42. The molecule has 2 nitrogen and oxygen atoms in total. The molecule has 100 valence electrons. The van der Waals surface area contributed by atoms with Crippen molar-refractivity contribution in [2.45, 2.75) is 20.4 Å². The standard InChI is InChI=1S/C16H18ClNO/c1-3-18-11-13-9-8-12(2)16(10-13)19-15-7-5-4-6-14(15)17/h4-10,18H,3,11H2,1-2H3. The maximum absolute atomic E-state index is 6.11. The Balaban J connectivity index is 2.21. The Morgan fingerprint density at radius 3 is 2.63 bits per heavy atom. The molecule has 0 radical (unpaired) electrons. The van der Waals surface area contributed by atoms with E-state index in [0.717, 1.165) is 24.4 Å². The largest absolute Gasteiger partial charge is 0.456 e. The van der Waals surface area contributed by atoms with E-state index in [0.29, 0.717) is 10.8 Å². The highest BCUT2D eigenvalue weighted by atomic mass is 35.5. The third kappa shape index (κ3) is 3.72. The summed E-state index contributed by atoms with van der Waals surface area (Å²) < 4.78 is 5.90. The van der Waals surface area contributed by atoms with E-state index in [1.165, 1.54) is 5.56 Å². The fourth-order valence-electron chi connectivity index (χ4n) is 1.78. The monoisotopic (exact) mass is 275 g/mol. The number of nitrogens with one attached hydrogen (secondary N) is 1. The minimum atomic E-state index is 0.624. The van der Waals surface area contributed by atoms with Crippen LogP contribution in [-0.4, -0.2) is 6.54 Å². The van der Waals surface area contributed by atoms with Crippen molar-refractivity contribution in [2.75, 3.05) is 6.54 Å². The molecule has 2 rings (SSSR count). The summed E-state index contributed by atoms with van der Waals surface area (Å²) in [5.41, 5.74) is 2.30. The van der Waals surface area contributed by atoms with Crippen LogP contribution in [0.1, 0.15) is 18.1 Å². The van der Waals surface area contributed by atoms with Crippen LogP contribution in [0, 0.1) is 6.92 Å². The average molecular weight is 276 g/mol. The van der Waals surface area contributed by atoms with E-state index >= 15 is 0 Å². The van der Waals surface area contributed by atoms with Gasteiger partial charge >= 0.3 is 0 Å². The first-order chi connectivity index (χ1) is 9.20. The van der Waals surface area contributed by atoms with E-state index in [4.69, 9.17) is 16.3 Å². The predicted octanol–water partition coefficient (Wildman–Crippen LogP) is 4.55. The topological polar surface area (TPSA) is 21.3 Å². The maximum atomic E-state index is 6.11. The molecule has 0 unspecified atom stereocenters. The van der Waals surface area contributed by atoms with Crippen LogP contribution in [0.15, 0.2) is 42.5 Å². The lowest BCUT2D eigenvalue weighted by Crippen LogP contribution is -2.11. The Kier molecular flexibility index (Phi) is 4.83. The molecule has 19 heavy (non-hydrogen) atoms. The van der Waals surface area contributed by atoms with E-state index in [9.17, 15) is 0 Å². The van der Waals surface area contributed by atoms with Crippen LogP contribution >= 0.6 is 11.6 Å². The van der Waals surface area contributed by atoms with Crippen LogP contribution in [0.2, 0.25) is 5.02 Å². The number of ether oxygens (including phenoxy) is 1. The highest BCUT2D eigenvalue weighted by Gasteiger charge is 2.06. The van der Waals surface area contributed by atoms with Crippen molar-refractivity contribution in [2.24, 2.45) is 0 Å². The molecule has 0 saturated heterocycles. The lowest BCUT2D eigenvalue weighted by atomic mass is 10.1. The molecule has 0 spiro atoms. The maximum Gasteiger partial charge on any atom is 0.146 e. The van der Waals surface area contributed by atoms with E-state index in [1.807, 2.05) is 31.2 Å². The first-order valence-electron chi connectivity index (χ1n) is 6.43. The highest BCUT2D eigenvalue weighted by molar-refractivity contribution is 6.32. The summed E-state index contributed by atoms with van der Waals surface area (Å²) in [6.45, 7) is 5.92. The van der Waals surface area contributed by atoms with Gasteiger partial charge in [-0.05, 0) is 42.8 Å². The van der Waals surface area contributed by atoms with Crippen molar-refractivity contribution in [1.29, 1.82) is 0 Å². The summed E-state index contributed by atoms with van der Waals surface area (Å²) in [6.07, 6.45) is 0. The van der Waals surface area contributed by atoms with Gasteiger partial charge < -0.3 is 10.1 Å². The molecular weight excluding hydrogens is 258 g/mol. The fraction of sp³-hybridized carbons (Fsp3) is 0.250. The summed E-state index contributed by atoms with van der Waals surface area (Å²) in [4.78, 5) is 0. The Hall–Kier alpha value is -1.51.